The lowest BCUT2D eigenvalue weighted by Crippen LogP contribution is -1.91. The van der Waals surface area contributed by atoms with E-state index in [0.717, 1.165) is 13.2 Å². The Labute approximate surface area is 69.8 Å². The summed E-state index contributed by atoms with van der Waals surface area (Å²) in [5, 5.41) is 0. The van der Waals surface area contributed by atoms with Crippen molar-refractivity contribution in [3.05, 3.63) is 23.3 Å². The van der Waals surface area contributed by atoms with Gasteiger partial charge in [-0.2, -0.15) is 0 Å². The Hall–Kier alpha value is -0.560. The molecule has 0 aromatic heterocycles. The zero-order chi connectivity index (χ0) is 8.69. The Balaban J connectivity index is 3.29. The van der Waals surface area contributed by atoms with Gasteiger partial charge in [0.2, 0.25) is 0 Å². The highest BCUT2D eigenvalue weighted by Crippen LogP contribution is 1.91. The maximum atomic E-state index is 5.30. The van der Waals surface area contributed by atoms with Crippen LogP contribution in [0.15, 0.2) is 23.3 Å². The first kappa shape index (κ1) is 10.4. The average molecular weight is 154 g/mol. The van der Waals surface area contributed by atoms with E-state index in [1.54, 1.807) is 0 Å². The van der Waals surface area contributed by atoms with Crippen molar-refractivity contribution in [2.45, 2.75) is 27.7 Å². The molecule has 0 unspecified atom stereocenters. The van der Waals surface area contributed by atoms with Crippen LogP contribution < -0.4 is 0 Å². The zero-order valence-electron chi connectivity index (χ0n) is 7.98. The van der Waals surface area contributed by atoms with Crippen LogP contribution in [0, 0.1) is 0 Å². The van der Waals surface area contributed by atoms with Crippen molar-refractivity contribution in [2.24, 2.45) is 0 Å². The van der Waals surface area contributed by atoms with Gasteiger partial charge < -0.3 is 4.74 Å². The maximum absolute atomic E-state index is 5.30. The number of rotatable bonds is 4. The minimum absolute atomic E-state index is 0.728. The fourth-order valence-corrected chi connectivity index (χ4v) is 0.519. The van der Waals surface area contributed by atoms with Gasteiger partial charge in [-0.05, 0) is 27.7 Å². The van der Waals surface area contributed by atoms with E-state index in [0.29, 0.717) is 0 Å². The number of hydrogen-bond donors (Lipinski definition) is 0. The summed E-state index contributed by atoms with van der Waals surface area (Å²) in [6.45, 7) is 9.75. The summed E-state index contributed by atoms with van der Waals surface area (Å²) in [6.07, 6.45) is 4.16. The van der Waals surface area contributed by atoms with Gasteiger partial charge >= 0.3 is 0 Å². The molecular formula is C10H18O. The number of ether oxygens (including phenoxy) is 1. The highest BCUT2D eigenvalue weighted by molar-refractivity contribution is 4.95. The van der Waals surface area contributed by atoms with Gasteiger partial charge in [-0.1, -0.05) is 23.3 Å². The molecule has 0 amide bonds. The first-order valence-corrected chi connectivity index (χ1v) is 3.97. The fraction of sp³-hybridized carbons (Fsp3) is 0.600. The molecular weight excluding hydrogens is 136 g/mol. The Morgan fingerprint density at radius 2 is 1.27 bits per heavy atom. The molecule has 11 heavy (non-hydrogen) atoms. The van der Waals surface area contributed by atoms with Crippen molar-refractivity contribution in [3.63, 3.8) is 0 Å². The summed E-state index contributed by atoms with van der Waals surface area (Å²) in [5.74, 6) is 0. The van der Waals surface area contributed by atoms with Crippen molar-refractivity contribution in [1.82, 2.24) is 0 Å². The molecule has 0 fully saturated rings. The third-order valence-corrected chi connectivity index (χ3v) is 1.22. The Morgan fingerprint density at radius 1 is 0.909 bits per heavy atom. The summed E-state index contributed by atoms with van der Waals surface area (Å²) < 4.78 is 5.30. The quantitative estimate of drug-likeness (QED) is 0.447. The molecule has 0 heterocycles. The van der Waals surface area contributed by atoms with E-state index in [-0.39, 0.29) is 0 Å². The molecule has 0 rings (SSSR count). The molecule has 0 spiro atoms. The van der Waals surface area contributed by atoms with E-state index in [1.807, 2.05) is 0 Å². The number of hydrogen-bond acceptors (Lipinski definition) is 1. The zero-order valence-corrected chi connectivity index (χ0v) is 7.98. The summed E-state index contributed by atoms with van der Waals surface area (Å²) >= 11 is 0. The molecule has 0 saturated heterocycles. The molecule has 64 valence electrons. The maximum Gasteiger partial charge on any atom is 0.0654 e. The Morgan fingerprint density at radius 3 is 1.55 bits per heavy atom. The van der Waals surface area contributed by atoms with Crippen LogP contribution in [0.25, 0.3) is 0 Å². The lowest BCUT2D eigenvalue weighted by atomic mass is 10.3. The predicted octanol–water partition coefficient (Wildman–Crippen LogP) is 2.94. The normalized spacial score (nSPS) is 9.09. The Kier molecular flexibility index (Phi) is 5.86. The van der Waals surface area contributed by atoms with Crippen LogP contribution in [0.4, 0.5) is 0 Å². The van der Waals surface area contributed by atoms with Gasteiger partial charge in [-0.25, -0.2) is 0 Å². The highest BCUT2D eigenvalue weighted by Gasteiger charge is 1.81. The molecule has 0 aliphatic carbocycles. The smallest absolute Gasteiger partial charge is 0.0654 e. The van der Waals surface area contributed by atoms with Gasteiger partial charge in [0.05, 0.1) is 13.2 Å². The monoisotopic (exact) mass is 154 g/mol. The standard InChI is InChI=1S/C10H18O/c1-9(2)5-7-11-8-6-10(3)4/h5-6H,7-8H2,1-4H3. The molecule has 0 aromatic rings. The van der Waals surface area contributed by atoms with Crippen LogP contribution >= 0.6 is 0 Å². The second-order valence-corrected chi connectivity index (χ2v) is 3.10. The summed E-state index contributed by atoms with van der Waals surface area (Å²) in [6, 6.07) is 0. The molecule has 0 bridgehead atoms. The highest BCUT2D eigenvalue weighted by atomic mass is 16.5. The average Bonchev–Trinajstić information content (AvgIpc) is 1.85. The van der Waals surface area contributed by atoms with E-state index < -0.39 is 0 Å². The predicted molar refractivity (Wildman–Crippen MR) is 49.7 cm³/mol. The second kappa shape index (κ2) is 6.17. The van der Waals surface area contributed by atoms with Crippen molar-refractivity contribution in [1.29, 1.82) is 0 Å². The topological polar surface area (TPSA) is 9.23 Å². The summed E-state index contributed by atoms with van der Waals surface area (Å²) in [4.78, 5) is 0. The first-order chi connectivity index (χ1) is 5.13. The van der Waals surface area contributed by atoms with E-state index >= 15 is 0 Å². The third kappa shape index (κ3) is 9.44. The van der Waals surface area contributed by atoms with Crippen LogP contribution in [-0.4, -0.2) is 13.2 Å². The SMILES string of the molecule is CC(C)=CCOCC=C(C)C. The minimum atomic E-state index is 0.728. The van der Waals surface area contributed by atoms with Crippen LogP contribution in [0.2, 0.25) is 0 Å². The van der Waals surface area contributed by atoms with Gasteiger partial charge in [-0.15, -0.1) is 0 Å². The van der Waals surface area contributed by atoms with Gasteiger partial charge in [0, 0.05) is 0 Å². The van der Waals surface area contributed by atoms with Crippen molar-refractivity contribution in [3.8, 4) is 0 Å². The van der Waals surface area contributed by atoms with Crippen LogP contribution in [-0.2, 0) is 4.74 Å². The molecule has 0 radical (unpaired) electrons. The first-order valence-electron chi connectivity index (χ1n) is 3.97. The minimum Gasteiger partial charge on any atom is -0.373 e. The van der Waals surface area contributed by atoms with E-state index in [1.165, 1.54) is 11.1 Å². The van der Waals surface area contributed by atoms with Gasteiger partial charge in [-0.3, -0.25) is 0 Å². The van der Waals surface area contributed by atoms with E-state index in [9.17, 15) is 0 Å². The lowest BCUT2D eigenvalue weighted by molar-refractivity contribution is 0.193. The van der Waals surface area contributed by atoms with Crippen LogP contribution in [0.5, 0.6) is 0 Å². The van der Waals surface area contributed by atoms with Crippen LogP contribution in [0.1, 0.15) is 27.7 Å². The van der Waals surface area contributed by atoms with E-state index in [2.05, 4.69) is 39.8 Å². The second-order valence-electron chi connectivity index (χ2n) is 3.10. The largest absolute Gasteiger partial charge is 0.373 e. The van der Waals surface area contributed by atoms with Gasteiger partial charge in [0.1, 0.15) is 0 Å². The summed E-state index contributed by atoms with van der Waals surface area (Å²) in [5.41, 5.74) is 2.62. The lowest BCUT2D eigenvalue weighted by Gasteiger charge is -1.96. The third-order valence-electron chi connectivity index (χ3n) is 1.22. The molecule has 0 atom stereocenters. The van der Waals surface area contributed by atoms with Crippen molar-refractivity contribution >= 4 is 0 Å². The molecule has 0 N–H and O–H groups in total. The van der Waals surface area contributed by atoms with Gasteiger partial charge in [0.25, 0.3) is 0 Å². The van der Waals surface area contributed by atoms with Gasteiger partial charge in [0.15, 0.2) is 0 Å². The molecule has 1 heteroatoms. The van der Waals surface area contributed by atoms with E-state index in [4.69, 9.17) is 4.74 Å². The molecule has 1 nitrogen and oxygen atoms in total. The molecule has 0 saturated carbocycles. The summed E-state index contributed by atoms with van der Waals surface area (Å²) in [7, 11) is 0. The molecule has 0 aromatic carbocycles. The Bertz CT molecular complexity index is 128. The molecule has 0 aliphatic heterocycles. The fourth-order valence-electron chi connectivity index (χ4n) is 0.519. The van der Waals surface area contributed by atoms with Crippen LogP contribution in [0.3, 0.4) is 0 Å². The van der Waals surface area contributed by atoms with Crippen molar-refractivity contribution in [2.75, 3.05) is 13.2 Å². The number of allylic oxidation sites excluding steroid dienone is 2. The molecule has 0 aliphatic rings. The van der Waals surface area contributed by atoms with Crippen molar-refractivity contribution < 1.29 is 4.74 Å².